The van der Waals surface area contributed by atoms with Crippen LogP contribution < -0.4 is 0 Å². The lowest BCUT2D eigenvalue weighted by atomic mass is 9.79. The highest BCUT2D eigenvalue weighted by Crippen LogP contribution is 2.38. The van der Waals surface area contributed by atoms with Gasteiger partial charge in [0.2, 0.25) is 0 Å². The number of aromatic nitrogens is 3. The molecule has 3 unspecified atom stereocenters. The lowest BCUT2D eigenvalue weighted by Crippen LogP contribution is -2.18. The summed E-state index contributed by atoms with van der Waals surface area (Å²) in [6, 6.07) is 58.0. The maximum Gasteiger partial charge on any atom is 0.164 e. The summed E-state index contributed by atoms with van der Waals surface area (Å²) in [4.78, 5) is 25.6. The van der Waals surface area contributed by atoms with Gasteiger partial charge in [-0.3, -0.25) is 4.99 Å². The standard InChI is InChI=1S/C52H41N5/c1-35-26-27-44(48-36(2)32-47(39-18-9-4-10-19-39)53-49(54-48)40-20-11-5-12-21-40)34-46(35)43-24-15-25-45(33-43)52-56-50(41-22-13-6-14-23-41)55-51(57-52)42-30-28-38(29-31-42)37-16-7-3-8-17-37/h3-31,33-35,46,48H,2,32H2,1H3. The molecule has 1 aliphatic carbocycles. The molecule has 2 aliphatic rings. The van der Waals surface area contributed by atoms with Gasteiger partial charge in [-0.1, -0.05) is 196 Å². The largest absolute Gasteiger partial charge is 0.253 e. The topological polar surface area (TPSA) is 63.4 Å². The third kappa shape index (κ3) is 7.73. The smallest absolute Gasteiger partial charge is 0.164 e. The molecule has 0 radical (unpaired) electrons. The SMILES string of the molecule is C=C1CC(c2ccccc2)=NC(c2ccccc2)=NC1C1=CC(c2cccc(-c3nc(-c4ccccc4)nc(-c4ccc(-c5ccccc5)cc4)n3)c2)C(C)C=C1. The van der Waals surface area contributed by atoms with Gasteiger partial charge in [-0.25, -0.2) is 19.9 Å². The van der Waals surface area contributed by atoms with Crippen molar-refractivity contribution < 1.29 is 0 Å². The van der Waals surface area contributed by atoms with Crippen LogP contribution in [-0.4, -0.2) is 32.5 Å². The van der Waals surface area contributed by atoms with Crippen molar-refractivity contribution in [2.24, 2.45) is 15.9 Å². The molecule has 5 nitrogen and oxygen atoms in total. The average molecular weight is 736 g/mol. The van der Waals surface area contributed by atoms with Crippen LogP contribution in [0.4, 0.5) is 0 Å². The van der Waals surface area contributed by atoms with Crippen molar-refractivity contribution in [1.82, 2.24) is 15.0 Å². The third-order valence-corrected chi connectivity index (χ3v) is 10.7. The van der Waals surface area contributed by atoms with Crippen LogP contribution in [0.2, 0.25) is 0 Å². The zero-order chi connectivity index (χ0) is 38.6. The van der Waals surface area contributed by atoms with Gasteiger partial charge in [0.05, 0.1) is 11.8 Å². The molecule has 57 heavy (non-hydrogen) atoms. The van der Waals surface area contributed by atoms with Crippen LogP contribution in [0.25, 0.3) is 45.3 Å². The second-order valence-corrected chi connectivity index (χ2v) is 14.6. The summed E-state index contributed by atoms with van der Waals surface area (Å²) in [6.45, 7) is 6.88. The molecule has 0 N–H and O–H groups in total. The van der Waals surface area contributed by atoms with E-state index in [0.29, 0.717) is 23.9 Å². The maximum absolute atomic E-state index is 5.33. The molecule has 2 heterocycles. The highest BCUT2D eigenvalue weighted by Gasteiger charge is 2.28. The minimum absolute atomic E-state index is 0.103. The van der Waals surface area contributed by atoms with E-state index in [4.69, 9.17) is 24.9 Å². The Kier molecular flexibility index (Phi) is 9.95. The van der Waals surface area contributed by atoms with E-state index in [9.17, 15) is 0 Å². The van der Waals surface area contributed by atoms with Crippen molar-refractivity contribution in [3.8, 4) is 45.3 Å². The van der Waals surface area contributed by atoms with Crippen molar-refractivity contribution >= 4 is 11.5 Å². The highest BCUT2D eigenvalue weighted by atomic mass is 15.0. The second kappa shape index (κ2) is 15.9. The summed E-state index contributed by atoms with van der Waals surface area (Å²) in [5, 5.41) is 0. The van der Waals surface area contributed by atoms with Crippen LogP contribution in [0.15, 0.2) is 216 Å². The van der Waals surface area contributed by atoms with Gasteiger partial charge in [0, 0.05) is 34.6 Å². The quantitative estimate of drug-likeness (QED) is 0.146. The summed E-state index contributed by atoms with van der Waals surface area (Å²) in [5.41, 5.74) is 11.5. The van der Waals surface area contributed by atoms with E-state index in [1.54, 1.807) is 0 Å². The fraction of sp³-hybridized carbons (Fsp3) is 0.0962. The molecule has 6 aromatic carbocycles. The first-order valence-electron chi connectivity index (χ1n) is 19.5. The predicted molar refractivity (Wildman–Crippen MR) is 234 cm³/mol. The molecule has 1 aliphatic heterocycles. The predicted octanol–water partition coefficient (Wildman–Crippen LogP) is 12.0. The van der Waals surface area contributed by atoms with Crippen molar-refractivity contribution in [3.05, 3.63) is 223 Å². The first-order valence-corrected chi connectivity index (χ1v) is 19.5. The molecule has 1 aromatic heterocycles. The Bertz CT molecular complexity index is 2660. The molecule has 5 heteroatoms. The molecule has 3 atom stereocenters. The molecule has 0 bridgehead atoms. The highest BCUT2D eigenvalue weighted by molar-refractivity contribution is 6.14. The Morgan fingerprint density at radius 3 is 1.63 bits per heavy atom. The van der Waals surface area contributed by atoms with Crippen LogP contribution in [0.1, 0.15) is 36.0 Å². The summed E-state index contributed by atoms with van der Waals surface area (Å²) < 4.78 is 0. The van der Waals surface area contributed by atoms with Crippen molar-refractivity contribution in [1.29, 1.82) is 0 Å². The summed E-state index contributed by atoms with van der Waals surface area (Å²) >= 11 is 0. The van der Waals surface area contributed by atoms with Gasteiger partial charge in [0.1, 0.15) is 0 Å². The molecule has 274 valence electrons. The van der Waals surface area contributed by atoms with Crippen molar-refractivity contribution in [3.63, 3.8) is 0 Å². The van der Waals surface area contributed by atoms with Crippen LogP contribution in [0.3, 0.4) is 0 Å². The average Bonchev–Trinajstić information content (AvgIpc) is 3.46. The number of hydrogen-bond donors (Lipinski definition) is 0. The minimum atomic E-state index is -0.243. The molecular formula is C52H41N5. The number of rotatable bonds is 8. The molecule has 0 saturated heterocycles. The minimum Gasteiger partial charge on any atom is -0.253 e. The van der Waals surface area contributed by atoms with Gasteiger partial charge in [0.15, 0.2) is 23.3 Å². The van der Waals surface area contributed by atoms with E-state index in [-0.39, 0.29) is 17.9 Å². The molecule has 0 fully saturated rings. The summed E-state index contributed by atoms with van der Waals surface area (Å²) in [5.74, 6) is 2.99. The van der Waals surface area contributed by atoms with E-state index in [1.807, 2.05) is 60.7 Å². The lowest BCUT2D eigenvalue weighted by Gasteiger charge is -2.27. The van der Waals surface area contributed by atoms with E-state index in [1.165, 1.54) is 11.1 Å². The summed E-state index contributed by atoms with van der Waals surface area (Å²) in [7, 11) is 0. The molecule has 0 saturated carbocycles. The number of nitrogens with zero attached hydrogens (tertiary/aromatic N) is 5. The van der Waals surface area contributed by atoms with Gasteiger partial charge in [-0.15, -0.1) is 0 Å². The van der Waals surface area contributed by atoms with Crippen molar-refractivity contribution in [2.75, 3.05) is 0 Å². The van der Waals surface area contributed by atoms with E-state index in [2.05, 4.69) is 141 Å². The van der Waals surface area contributed by atoms with Crippen molar-refractivity contribution in [2.45, 2.75) is 25.3 Å². The molecule has 0 spiro atoms. The van der Waals surface area contributed by atoms with Gasteiger partial charge < -0.3 is 0 Å². The normalized spacial score (nSPS) is 17.9. The second-order valence-electron chi connectivity index (χ2n) is 14.6. The number of amidine groups is 1. The molecule has 0 amide bonds. The fourth-order valence-electron chi connectivity index (χ4n) is 7.61. The van der Waals surface area contributed by atoms with E-state index >= 15 is 0 Å². The third-order valence-electron chi connectivity index (χ3n) is 10.7. The Morgan fingerprint density at radius 2 is 1.00 bits per heavy atom. The van der Waals surface area contributed by atoms with E-state index in [0.717, 1.165) is 56.1 Å². The summed E-state index contributed by atoms with van der Waals surface area (Å²) in [6.07, 6.45) is 7.54. The van der Waals surface area contributed by atoms with Crippen LogP contribution in [0.5, 0.6) is 0 Å². The van der Waals surface area contributed by atoms with Crippen LogP contribution in [-0.2, 0) is 0 Å². The number of allylic oxidation sites excluding steroid dienone is 2. The zero-order valence-electron chi connectivity index (χ0n) is 31.8. The number of benzene rings is 6. The molecule has 7 aromatic rings. The Morgan fingerprint density at radius 1 is 0.509 bits per heavy atom. The first-order chi connectivity index (χ1) is 28.1. The Hall–Kier alpha value is -7.11. The van der Waals surface area contributed by atoms with Crippen LogP contribution >= 0.6 is 0 Å². The fourth-order valence-corrected chi connectivity index (χ4v) is 7.61. The first kappa shape index (κ1) is 35.6. The van der Waals surface area contributed by atoms with Gasteiger partial charge in [-0.2, -0.15) is 0 Å². The zero-order valence-corrected chi connectivity index (χ0v) is 31.8. The van der Waals surface area contributed by atoms with Gasteiger partial charge >= 0.3 is 0 Å². The number of hydrogen-bond acceptors (Lipinski definition) is 5. The maximum atomic E-state index is 5.33. The lowest BCUT2D eigenvalue weighted by molar-refractivity contribution is 0.624. The molecular weight excluding hydrogens is 695 g/mol. The number of aliphatic imine (C=N–C) groups is 2. The van der Waals surface area contributed by atoms with Crippen LogP contribution in [0, 0.1) is 5.92 Å². The Balaban J connectivity index is 1.07. The van der Waals surface area contributed by atoms with Gasteiger partial charge in [-0.05, 0) is 45.4 Å². The Labute approximate surface area is 334 Å². The molecule has 9 rings (SSSR count). The van der Waals surface area contributed by atoms with E-state index < -0.39 is 0 Å². The monoisotopic (exact) mass is 735 g/mol. The van der Waals surface area contributed by atoms with Gasteiger partial charge in [0.25, 0.3) is 0 Å².